The van der Waals surface area contributed by atoms with Gasteiger partial charge in [0, 0.05) is 11.8 Å². The summed E-state index contributed by atoms with van der Waals surface area (Å²) in [7, 11) is 0. The van der Waals surface area contributed by atoms with Crippen LogP contribution < -0.4 is 10.1 Å². The van der Waals surface area contributed by atoms with Gasteiger partial charge in [-0.2, -0.15) is 0 Å². The van der Waals surface area contributed by atoms with Gasteiger partial charge < -0.3 is 14.8 Å². The largest absolute Gasteiger partial charge is 0.481 e. The minimum Gasteiger partial charge on any atom is -0.481 e. The highest BCUT2D eigenvalue weighted by atomic mass is 35.5. The van der Waals surface area contributed by atoms with Gasteiger partial charge in [-0.25, -0.2) is 9.78 Å². The normalized spacial score (nSPS) is 11.4. The molecule has 148 valence electrons. The summed E-state index contributed by atoms with van der Waals surface area (Å²) in [6.07, 6.45) is 0.402. The van der Waals surface area contributed by atoms with Crippen LogP contribution in [0.1, 0.15) is 6.92 Å². The number of carbonyl (C=O) groups is 2. The van der Waals surface area contributed by atoms with Crippen LogP contribution in [0, 0.1) is 0 Å². The number of anilines is 1. The second-order valence-corrected chi connectivity index (χ2v) is 6.57. The first-order valence-electron chi connectivity index (χ1n) is 8.92. The zero-order valence-corrected chi connectivity index (χ0v) is 16.4. The van der Waals surface area contributed by atoms with Crippen molar-refractivity contribution in [3.8, 4) is 16.9 Å². The summed E-state index contributed by atoms with van der Waals surface area (Å²) >= 11 is 5.76. The van der Waals surface area contributed by atoms with E-state index in [1.54, 1.807) is 18.2 Å². The molecule has 0 aliphatic carbocycles. The van der Waals surface area contributed by atoms with Gasteiger partial charge in [0.15, 0.2) is 12.7 Å². The van der Waals surface area contributed by atoms with Crippen molar-refractivity contribution in [1.82, 2.24) is 4.98 Å². The molecule has 1 N–H and O–H groups in total. The van der Waals surface area contributed by atoms with Crippen LogP contribution in [0.15, 0.2) is 72.9 Å². The van der Waals surface area contributed by atoms with E-state index in [0.717, 1.165) is 11.1 Å². The summed E-state index contributed by atoms with van der Waals surface area (Å²) in [4.78, 5) is 28.2. The SMILES string of the molecule is C[C@H](OC(=O)COc1ccccc1-c1ccccc1)C(=O)Nc1ccc(Cl)cn1. The molecule has 0 spiro atoms. The van der Waals surface area contributed by atoms with Gasteiger partial charge in [-0.1, -0.05) is 60.1 Å². The van der Waals surface area contributed by atoms with Crippen molar-refractivity contribution in [2.24, 2.45) is 0 Å². The van der Waals surface area contributed by atoms with E-state index in [0.29, 0.717) is 16.6 Å². The zero-order chi connectivity index (χ0) is 20.6. The van der Waals surface area contributed by atoms with Crippen LogP contribution >= 0.6 is 11.6 Å². The molecule has 2 aromatic carbocycles. The number of pyridine rings is 1. The lowest BCUT2D eigenvalue weighted by Crippen LogP contribution is -2.32. The van der Waals surface area contributed by atoms with E-state index in [2.05, 4.69) is 10.3 Å². The van der Waals surface area contributed by atoms with Crippen LogP contribution in [0.3, 0.4) is 0 Å². The number of carbonyl (C=O) groups excluding carboxylic acids is 2. The Hall–Kier alpha value is -3.38. The number of rotatable bonds is 7. The number of nitrogens with zero attached hydrogens (tertiary/aromatic N) is 1. The molecule has 0 bridgehead atoms. The predicted octanol–water partition coefficient (Wildman–Crippen LogP) is 4.35. The molecule has 0 saturated carbocycles. The van der Waals surface area contributed by atoms with Crippen LogP contribution in [-0.2, 0) is 14.3 Å². The minimum atomic E-state index is -1.01. The smallest absolute Gasteiger partial charge is 0.344 e. The monoisotopic (exact) mass is 410 g/mol. The Morgan fingerprint density at radius 3 is 2.48 bits per heavy atom. The lowest BCUT2D eigenvalue weighted by molar-refractivity contribution is -0.155. The quantitative estimate of drug-likeness (QED) is 0.586. The first-order valence-corrected chi connectivity index (χ1v) is 9.30. The van der Waals surface area contributed by atoms with E-state index in [1.165, 1.54) is 13.1 Å². The van der Waals surface area contributed by atoms with Crippen molar-refractivity contribution in [1.29, 1.82) is 0 Å². The summed E-state index contributed by atoms with van der Waals surface area (Å²) in [6, 6.07) is 20.2. The average Bonchev–Trinajstić information content (AvgIpc) is 2.74. The number of halogens is 1. The standard InChI is InChI=1S/C22H19ClN2O4/c1-15(22(27)25-20-12-11-17(23)13-24-20)29-21(26)14-28-19-10-6-5-9-18(19)16-7-3-2-4-8-16/h2-13,15H,14H2,1H3,(H,24,25,27)/t15-/m0/s1. The second kappa shape index (κ2) is 9.71. The Kier molecular flexibility index (Phi) is 6.81. The molecule has 0 unspecified atom stereocenters. The average molecular weight is 411 g/mol. The maximum Gasteiger partial charge on any atom is 0.344 e. The lowest BCUT2D eigenvalue weighted by atomic mass is 10.1. The third-order valence-electron chi connectivity index (χ3n) is 3.97. The number of amides is 1. The molecule has 3 rings (SSSR count). The van der Waals surface area contributed by atoms with Crippen LogP contribution in [0.25, 0.3) is 11.1 Å². The lowest BCUT2D eigenvalue weighted by Gasteiger charge is -2.15. The maximum atomic E-state index is 12.1. The van der Waals surface area contributed by atoms with Gasteiger partial charge in [0.05, 0.1) is 5.02 Å². The first-order chi connectivity index (χ1) is 14.0. The highest BCUT2D eigenvalue weighted by Gasteiger charge is 2.19. The van der Waals surface area contributed by atoms with E-state index in [-0.39, 0.29) is 6.61 Å². The Morgan fingerprint density at radius 2 is 1.76 bits per heavy atom. The van der Waals surface area contributed by atoms with Crippen molar-refractivity contribution in [3.63, 3.8) is 0 Å². The molecule has 1 aromatic heterocycles. The summed E-state index contributed by atoms with van der Waals surface area (Å²) in [5.41, 5.74) is 1.83. The number of para-hydroxylation sites is 1. The molecule has 0 fully saturated rings. The van der Waals surface area contributed by atoms with E-state index in [4.69, 9.17) is 21.1 Å². The number of aromatic nitrogens is 1. The Balaban J connectivity index is 1.55. The summed E-state index contributed by atoms with van der Waals surface area (Å²) in [5, 5.41) is 3.01. The van der Waals surface area contributed by atoms with E-state index in [9.17, 15) is 9.59 Å². The van der Waals surface area contributed by atoms with Gasteiger partial charge in [0.2, 0.25) is 0 Å². The van der Waals surface area contributed by atoms with Gasteiger partial charge in [0.25, 0.3) is 5.91 Å². The van der Waals surface area contributed by atoms with Crippen LogP contribution in [0.5, 0.6) is 5.75 Å². The molecule has 7 heteroatoms. The van der Waals surface area contributed by atoms with Crippen molar-refractivity contribution in [2.75, 3.05) is 11.9 Å². The second-order valence-electron chi connectivity index (χ2n) is 6.13. The van der Waals surface area contributed by atoms with Crippen LogP contribution in [0.2, 0.25) is 5.02 Å². The molecule has 29 heavy (non-hydrogen) atoms. The Labute approximate surface area is 173 Å². The molecule has 1 heterocycles. The van der Waals surface area contributed by atoms with E-state index >= 15 is 0 Å². The highest BCUT2D eigenvalue weighted by Crippen LogP contribution is 2.29. The van der Waals surface area contributed by atoms with E-state index < -0.39 is 18.0 Å². The minimum absolute atomic E-state index is 0.315. The highest BCUT2D eigenvalue weighted by molar-refractivity contribution is 6.30. The fraction of sp³-hybridized carbons (Fsp3) is 0.136. The number of benzene rings is 2. The van der Waals surface area contributed by atoms with Gasteiger partial charge >= 0.3 is 5.97 Å². The summed E-state index contributed by atoms with van der Waals surface area (Å²) in [6.45, 7) is 1.15. The predicted molar refractivity (Wildman–Crippen MR) is 111 cm³/mol. The molecular weight excluding hydrogens is 392 g/mol. The zero-order valence-electron chi connectivity index (χ0n) is 15.7. The fourth-order valence-corrected chi connectivity index (χ4v) is 2.66. The summed E-state index contributed by atoms with van der Waals surface area (Å²) < 4.78 is 10.8. The van der Waals surface area contributed by atoms with E-state index in [1.807, 2.05) is 48.5 Å². The van der Waals surface area contributed by atoms with Crippen molar-refractivity contribution in [3.05, 3.63) is 77.9 Å². The molecule has 3 aromatic rings. The van der Waals surface area contributed by atoms with Crippen molar-refractivity contribution in [2.45, 2.75) is 13.0 Å². The Morgan fingerprint density at radius 1 is 1.03 bits per heavy atom. The number of hydrogen-bond donors (Lipinski definition) is 1. The molecule has 1 amide bonds. The van der Waals surface area contributed by atoms with Crippen LogP contribution in [0.4, 0.5) is 5.82 Å². The molecular formula is C22H19ClN2O4. The summed E-state index contributed by atoms with van der Waals surface area (Å²) in [5.74, 6) is -0.286. The topological polar surface area (TPSA) is 77.5 Å². The first kappa shape index (κ1) is 20.4. The third kappa shape index (κ3) is 5.80. The maximum absolute atomic E-state index is 12.1. The number of nitrogens with one attached hydrogen (secondary N) is 1. The molecule has 0 aliphatic heterocycles. The van der Waals surface area contributed by atoms with Crippen molar-refractivity contribution >= 4 is 29.3 Å². The van der Waals surface area contributed by atoms with Crippen molar-refractivity contribution < 1.29 is 19.1 Å². The Bertz CT molecular complexity index is 978. The van der Waals surface area contributed by atoms with Gasteiger partial charge in [-0.05, 0) is 30.7 Å². The number of hydrogen-bond acceptors (Lipinski definition) is 5. The third-order valence-corrected chi connectivity index (χ3v) is 4.20. The molecule has 0 aliphatic rings. The molecule has 6 nitrogen and oxygen atoms in total. The molecule has 1 atom stereocenters. The van der Waals surface area contributed by atoms with Crippen LogP contribution in [-0.4, -0.2) is 29.6 Å². The van der Waals surface area contributed by atoms with Gasteiger partial charge in [-0.3, -0.25) is 4.79 Å². The fourth-order valence-electron chi connectivity index (χ4n) is 2.55. The van der Waals surface area contributed by atoms with Gasteiger partial charge in [0.1, 0.15) is 11.6 Å². The number of esters is 1. The number of ether oxygens (including phenoxy) is 2. The molecule has 0 radical (unpaired) electrons. The molecule has 0 saturated heterocycles. The van der Waals surface area contributed by atoms with Gasteiger partial charge in [-0.15, -0.1) is 0 Å².